The predicted octanol–water partition coefficient (Wildman–Crippen LogP) is 1.91. The van der Waals surface area contributed by atoms with Crippen LogP contribution in [0.5, 0.6) is 0 Å². The van der Waals surface area contributed by atoms with Crippen LogP contribution in [0.15, 0.2) is 47.4 Å². The van der Waals surface area contributed by atoms with Crippen LogP contribution in [0.2, 0.25) is 0 Å². The van der Waals surface area contributed by atoms with Crippen molar-refractivity contribution in [1.29, 1.82) is 0 Å². The van der Waals surface area contributed by atoms with Gasteiger partial charge in [0.25, 0.3) is 5.56 Å². The fourth-order valence-electron chi connectivity index (χ4n) is 3.23. The lowest BCUT2D eigenvalue weighted by atomic mass is 10.0. The van der Waals surface area contributed by atoms with E-state index in [9.17, 15) is 4.79 Å². The van der Waals surface area contributed by atoms with E-state index in [1.54, 1.807) is 6.20 Å². The van der Waals surface area contributed by atoms with E-state index in [0.29, 0.717) is 33.9 Å². The summed E-state index contributed by atoms with van der Waals surface area (Å²) in [5.74, 6) is 0.333. The van der Waals surface area contributed by atoms with E-state index >= 15 is 0 Å². The molecular weight excluding hydrogens is 344 g/mol. The van der Waals surface area contributed by atoms with Crippen LogP contribution in [0.3, 0.4) is 0 Å². The molecule has 4 aromatic heterocycles. The number of aromatic amines is 2. The number of rotatable bonds is 2. The van der Waals surface area contributed by atoms with E-state index < -0.39 is 0 Å². The average molecular weight is 358 g/mol. The Hall–Kier alpha value is -4.01. The zero-order valence-electron chi connectivity index (χ0n) is 14.3. The number of H-pyrrole nitrogens is 2. The van der Waals surface area contributed by atoms with Gasteiger partial charge in [-0.25, -0.2) is 4.98 Å². The molecular formula is C18H14N8O. The second-order valence-corrected chi connectivity index (χ2v) is 6.23. The fourth-order valence-corrected chi connectivity index (χ4v) is 3.23. The van der Waals surface area contributed by atoms with Crippen molar-refractivity contribution in [1.82, 2.24) is 35.0 Å². The SMILES string of the molecule is Cc1cc2n[nH]nc2cc1-c1cc(=O)n2[nH]c(N)c(-c3ccccn3)c2n1. The third-order valence-electron chi connectivity index (χ3n) is 4.50. The fraction of sp³-hybridized carbons (Fsp3) is 0.0556. The summed E-state index contributed by atoms with van der Waals surface area (Å²) < 4.78 is 1.33. The Morgan fingerprint density at radius 1 is 1.07 bits per heavy atom. The number of aromatic nitrogens is 7. The van der Waals surface area contributed by atoms with E-state index in [4.69, 9.17) is 10.7 Å². The molecule has 0 fully saturated rings. The Bertz CT molecular complexity index is 1360. The summed E-state index contributed by atoms with van der Waals surface area (Å²) in [6, 6.07) is 10.7. The zero-order valence-corrected chi connectivity index (χ0v) is 14.3. The molecule has 0 saturated heterocycles. The number of hydrogen-bond acceptors (Lipinski definition) is 6. The quantitative estimate of drug-likeness (QED) is 0.442. The number of hydrogen-bond donors (Lipinski definition) is 3. The molecule has 0 spiro atoms. The maximum atomic E-state index is 12.7. The highest BCUT2D eigenvalue weighted by molar-refractivity contribution is 5.86. The van der Waals surface area contributed by atoms with Crippen LogP contribution in [-0.4, -0.2) is 35.0 Å². The van der Waals surface area contributed by atoms with E-state index in [-0.39, 0.29) is 5.56 Å². The normalized spacial score (nSPS) is 11.4. The number of fused-ring (bicyclic) bond motifs is 2. The van der Waals surface area contributed by atoms with Crippen LogP contribution in [0.1, 0.15) is 5.56 Å². The van der Waals surface area contributed by atoms with Gasteiger partial charge in [-0.2, -0.15) is 19.9 Å². The molecule has 1 aromatic carbocycles. The standard InChI is InChI=1S/C18H14N8O/c1-9-6-13-14(23-25-22-13)7-10(9)12-8-15(27)26-18(21-12)16(17(19)24-26)11-4-2-3-5-20-11/h2-8,24H,19H2,1H3,(H,22,23,25). The molecule has 0 radical (unpaired) electrons. The highest BCUT2D eigenvalue weighted by atomic mass is 16.1. The Morgan fingerprint density at radius 2 is 1.89 bits per heavy atom. The van der Waals surface area contributed by atoms with E-state index in [2.05, 4.69) is 25.5 Å². The first-order chi connectivity index (χ1) is 13.1. The Kier molecular flexibility index (Phi) is 3.11. The molecule has 27 heavy (non-hydrogen) atoms. The lowest BCUT2D eigenvalue weighted by molar-refractivity contribution is 0.906. The lowest BCUT2D eigenvalue weighted by Crippen LogP contribution is -2.14. The highest BCUT2D eigenvalue weighted by Gasteiger charge is 2.18. The van der Waals surface area contributed by atoms with Gasteiger partial charge in [-0.05, 0) is 36.8 Å². The van der Waals surface area contributed by atoms with E-state index in [0.717, 1.165) is 16.6 Å². The van der Waals surface area contributed by atoms with Gasteiger partial charge in [-0.3, -0.25) is 14.9 Å². The maximum Gasteiger partial charge on any atom is 0.273 e. The van der Waals surface area contributed by atoms with Crippen LogP contribution in [-0.2, 0) is 0 Å². The number of nitrogens with zero attached hydrogens (tertiary/aromatic N) is 5. The molecule has 5 aromatic rings. The van der Waals surface area contributed by atoms with Crippen LogP contribution >= 0.6 is 0 Å². The van der Waals surface area contributed by atoms with Crippen molar-refractivity contribution in [2.45, 2.75) is 6.92 Å². The van der Waals surface area contributed by atoms with Crippen molar-refractivity contribution >= 4 is 22.5 Å². The number of nitrogens with two attached hydrogens (primary N) is 1. The number of pyridine rings is 1. The van der Waals surface area contributed by atoms with Gasteiger partial charge < -0.3 is 5.73 Å². The molecule has 0 aliphatic heterocycles. The minimum Gasteiger partial charge on any atom is -0.383 e. The molecule has 0 bridgehead atoms. The van der Waals surface area contributed by atoms with Gasteiger partial charge >= 0.3 is 0 Å². The van der Waals surface area contributed by atoms with Crippen molar-refractivity contribution < 1.29 is 0 Å². The minimum atomic E-state index is -0.261. The summed E-state index contributed by atoms with van der Waals surface area (Å²) in [4.78, 5) is 21.7. The van der Waals surface area contributed by atoms with Gasteiger partial charge in [-0.15, -0.1) is 0 Å². The summed E-state index contributed by atoms with van der Waals surface area (Å²) in [5.41, 5.74) is 11.3. The number of anilines is 1. The number of nitrogens with one attached hydrogen (secondary N) is 2. The topological polar surface area (TPSA) is 131 Å². The second-order valence-electron chi connectivity index (χ2n) is 6.23. The third kappa shape index (κ3) is 2.29. The average Bonchev–Trinajstić information content (AvgIpc) is 3.25. The number of benzene rings is 1. The van der Waals surface area contributed by atoms with Gasteiger partial charge in [0.15, 0.2) is 5.65 Å². The Balaban J connectivity index is 1.81. The first-order valence-corrected chi connectivity index (χ1v) is 8.26. The van der Waals surface area contributed by atoms with Crippen molar-refractivity contribution in [2.75, 3.05) is 5.73 Å². The van der Waals surface area contributed by atoms with Crippen LogP contribution in [0, 0.1) is 6.92 Å². The third-order valence-corrected chi connectivity index (χ3v) is 4.50. The van der Waals surface area contributed by atoms with Gasteiger partial charge in [0, 0.05) is 17.8 Å². The summed E-state index contributed by atoms with van der Waals surface area (Å²) in [7, 11) is 0. The number of nitrogen functional groups attached to an aromatic ring is 1. The van der Waals surface area contributed by atoms with E-state index in [1.165, 1.54) is 10.6 Å². The Labute approximate surface area is 151 Å². The molecule has 0 saturated carbocycles. The summed E-state index contributed by atoms with van der Waals surface area (Å²) in [6.45, 7) is 1.94. The Morgan fingerprint density at radius 3 is 2.67 bits per heavy atom. The monoisotopic (exact) mass is 358 g/mol. The molecule has 4 heterocycles. The van der Waals surface area contributed by atoms with E-state index in [1.807, 2.05) is 37.3 Å². The molecule has 0 aliphatic rings. The van der Waals surface area contributed by atoms with Crippen molar-refractivity contribution in [2.24, 2.45) is 0 Å². The highest BCUT2D eigenvalue weighted by Crippen LogP contribution is 2.29. The largest absolute Gasteiger partial charge is 0.383 e. The van der Waals surface area contributed by atoms with Gasteiger partial charge in [0.05, 0.1) is 17.0 Å². The molecule has 0 aliphatic carbocycles. The van der Waals surface area contributed by atoms with Crippen LogP contribution in [0.25, 0.3) is 39.2 Å². The molecule has 0 atom stereocenters. The molecule has 5 rings (SSSR count). The molecule has 4 N–H and O–H groups in total. The molecule has 9 heteroatoms. The van der Waals surface area contributed by atoms with Gasteiger partial charge in [0.2, 0.25) is 0 Å². The zero-order chi connectivity index (χ0) is 18.5. The summed E-state index contributed by atoms with van der Waals surface area (Å²) >= 11 is 0. The maximum absolute atomic E-state index is 12.7. The number of aryl methyl sites for hydroxylation is 1. The van der Waals surface area contributed by atoms with Crippen molar-refractivity contribution in [3.8, 4) is 22.5 Å². The van der Waals surface area contributed by atoms with Crippen LogP contribution in [0.4, 0.5) is 5.82 Å². The summed E-state index contributed by atoms with van der Waals surface area (Å²) in [6.07, 6.45) is 1.67. The smallest absolute Gasteiger partial charge is 0.273 e. The lowest BCUT2D eigenvalue weighted by Gasteiger charge is -2.06. The second kappa shape index (κ2) is 5.49. The van der Waals surface area contributed by atoms with Crippen LogP contribution < -0.4 is 11.3 Å². The summed E-state index contributed by atoms with van der Waals surface area (Å²) in [5, 5.41) is 13.7. The molecule has 9 nitrogen and oxygen atoms in total. The molecule has 132 valence electrons. The first-order valence-electron chi connectivity index (χ1n) is 8.26. The minimum absolute atomic E-state index is 0.261. The first kappa shape index (κ1) is 15.3. The van der Waals surface area contributed by atoms with Crippen molar-refractivity contribution in [3.63, 3.8) is 0 Å². The van der Waals surface area contributed by atoms with Crippen molar-refractivity contribution in [3.05, 3.63) is 58.5 Å². The predicted molar refractivity (Wildman–Crippen MR) is 101 cm³/mol. The molecule has 0 unspecified atom stereocenters. The molecule has 0 amide bonds. The van der Waals surface area contributed by atoms with Gasteiger partial charge in [-0.1, -0.05) is 6.07 Å². The van der Waals surface area contributed by atoms with Gasteiger partial charge in [0.1, 0.15) is 16.9 Å².